The van der Waals surface area contributed by atoms with E-state index in [0.29, 0.717) is 24.3 Å². The van der Waals surface area contributed by atoms with Gasteiger partial charge in [-0.1, -0.05) is 0 Å². The van der Waals surface area contributed by atoms with E-state index in [1.165, 1.54) is 12.0 Å². The maximum atomic E-state index is 12.7. The monoisotopic (exact) mass is 415 g/mol. The number of nitro benzene ring substituents is 2. The lowest BCUT2D eigenvalue weighted by Crippen LogP contribution is -2.31. The number of ether oxygens (including phenoxy) is 2. The van der Waals surface area contributed by atoms with Crippen LogP contribution in [0.5, 0.6) is 5.75 Å². The van der Waals surface area contributed by atoms with Gasteiger partial charge in [0.15, 0.2) is 0 Å². The average Bonchev–Trinajstić information content (AvgIpc) is 3.21. The zero-order valence-electron chi connectivity index (χ0n) is 15.8. The van der Waals surface area contributed by atoms with Crippen LogP contribution < -0.4 is 4.74 Å². The molecule has 0 radical (unpaired) electrons. The van der Waals surface area contributed by atoms with Gasteiger partial charge in [-0.3, -0.25) is 25.0 Å². The van der Waals surface area contributed by atoms with Crippen molar-refractivity contribution in [2.75, 3.05) is 20.2 Å². The molecular formula is C19H17N3O8. The molecule has 2 aromatic carbocycles. The van der Waals surface area contributed by atoms with Crippen LogP contribution in [-0.4, -0.2) is 52.9 Å². The molecular weight excluding hydrogens is 398 g/mol. The van der Waals surface area contributed by atoms with Crippen LogP contribution in [-0.2, 0) is 4.74 Å². The van der Waals surface area contributed by atoms with Crippen molar-refractivity contribution in [3.63, 3.8) is 0 Å². The van der Waals surface area contributed by atoms with E-state index < -0.39 is 33.1 Å². The number of hydrogen-bond acceptors (Lipinski definition) is 8. The summed E-state index contributed by atoms with van der Waals surface area (Å²) in [5.41, 5.74) is -0.796. The Labute approximate surface area is 170 Å². The maximum absolute atomic E-state index is 12.7. The van der Waals surface area contributed by atoms with Gasteiger partial charge < -0.3 is 14.4 Å². The molecule has 156 valence electrons. The fraction of sp³-hybridized carbons (Fsp3) is 0.263. The first kappa shape index (κ1) is 20.7. The molecule has 0 aliphatic carbocycles. The summed E-state index contributed by atoms with van der Waals surface area (Å²) >= 11 is 0. The summed E-state index contributed by atoms with van der Waals surface area (Å²) < 4.78 is 10.5. The Morgan fingerprint density at radius 1 is 1.00 bits per heavy atom. The third kappa shape index (κ3) is 4.51. The van der Waals surface area contributed by atoms with Gasteiger partial charge in [-0.05, 0) is 24.3 Å². The maximum Gasteiger partial charge on any atom is 0.337 e. The van der Waals surface area contributed by atoms with E-state index in [-0.39, 0.29) is 18.2 Å². The van der Waals surface area contributed by atoms with Crippen molar-refractivity contribution in [3.05, 3.63) is 73.8 Å². The Balaban J connectivity index is 1.69. The molecule has 1 saturated heterocycles. The second-order valence-corrected chi connectivity index (χ2v) is 6.55. The minimum atomic E-state index is -0.780. The van der Waals surface area contributed by atoms with Gasteiger partial charge in [0.2, 0.25) is 0 Å². The molecule has 11 nitrogen and oxygen atoms in total. The van der Waals surface area contributed by atoms with Crippen molar-refractivity contribution in [1.82, 2.24) is 4.90 Å². The summed E-state index contributed by atoms with van der Waals surface area (Å²) in [7, 11) is 1.28. The number of esters is 1. The van der Waals surface area contributed by atoms with Crippen LogP contribution in [0.2, 0.25) is 0 Å². The molecule has 0 spiro atoms. The summed E-state index contributed by atoms with van der Waals surface area (Å²) in [4.78, 5) is 46.1. The number of carbonyl (C=O) groups is 2. The standard InChI is InChI=1S/C19H17N3O8/c1-29-19(24)12-2-4-16(5-3-12)30-17-6-7-20(11-17)18(23)13-8-14(21(25)26)10-15(9-13)22(27)28/h2-5,8-10,17H,6-7,11H2,1H3/t17-/m1/s1. The second kappa shape index (κ2) is 8.55. The Kier molecular flexibility index (Phi) is 5.90. The van der Waals surface area contributed by atoms with Gasteiger partial charge in [-0.25, -0.2) is 4.79 Å². The van der Waals surface area contributed by atoms with Crippen molar-refractivity contribution in [1.29, 1.82) is 0 Å². The molecule has 1 fully saturated rings. The van der Waals surface area contributed by atoms with E-state index in [1.807, 2.05) is 0 Å². The van der Waals surface area contributed by atoms with Crippen molar-refractivity contribution in [2.45, 2.75) is 12.5 Å². The van der Waals surface area contributed by atoms with Crippen LogP contribution >= 0.6 is 0 Å². The Bertz CT molecular complexity index is 973. The van der Waals surface area contributed by atoms with Gasteiger partial charge in [0, 0.05) is 25.1 Å². The lowest BCUT2D eigenvalue weighted by molar-refractivity contribution is -0.394. The smallest absolute Gasteiger partial charge is 0.337 e. The lowest BCUT2D eigenvalue weighted by atomic mass is 10.1. The number of hydrogen-bond donors (Lipinski definition) is 0. The number of nitro groups is 2. The van der Waals surface area contributed by atoms with Crippen LogP contribution in [0, 0.1) is 20.2 Å². The minimum Gasteiger partial charge on any atom is -0.489 e. The highest BCUT2D eigenvalue weighted by molar-refractivity contribution is 5.95. The number of rotatable bonds is 6. The number of nitrogens with zero attached hydrogens (tertiary/aromatic N) is 3. The highest BCUT2D eigenvalue weighted by Gasteiger charge is 2.30. The molecule has 1 atom stereocenters. The van der Waals surface area contributed by atoms with Crippen LogP contribution in [0.25, 0.3) is 0 Å². The fourth-order valence-corrected chi connectivity index (χ4v) is 3.10. The molecule has 2 aromatic rings. The van der Waals surface area contributed by atoms with E-state index >= 15 is 0 Å². The van der Waals surface area contributed by atoms with Crippen molar-refractivity contribution in [3.8, 4) is 5.75 Å². The van der Waals surface area contributed by atoms with Gasteiger partial charge in [0.1, 0.15) is 11.9 Å². The molecule has 0 saturated carbocycles. The van der Waals surface area contributed by atoms with Gasteiger partial charge in [0.05, 0.1) is 40.7 Å². The number of likely N-dealkylation sites (tertiary alicyclic amines) is 1. The van der Waals surface area contributed by atoms with Crippen molar-refractivity contribution >= 4 is 23.3 Å². The zero-order chi connectivity index (χ0) is 21.8. The lowest BCUT2D eigenvalue weighted by Gasteiger charge is -2.17. The highest BCUT2D eigenvalue weighted by atomic mass is 16.6. The third-order valence-electron chi connectivity index (χ3n) is 4.58. The van der Waals surface area contributed by atoms with Gasteiger partial charge in [0.25, 0.3) is 17.3 Å². The highest BCUT2D eigenvalue weighted by Crippen LogP contribution is 2.26. The van der Waals surface area contributed by atoms with E-state index in [2.05, 4.69) is 4.74 Å². The predicted molar refractivity (Wildman–Crippen MR) is 102 cm³/mol. The number of amides is 1. The zero-order valence-corrected chi connectivity index (χ0v) is 15.8. The first-order valence-corrected chi connectivity index (χ1v) is 8.86. The summed E-state index contributed by atoms with van der Waals surface area (Å²) in [5, 5.41) is 22.0. The summed E-state index contributed by atoms with van der Waals surface area (Å²) in [5.74, 6) is -0.507. The largest absolute Gasteiger partial charge is 0.489 e. The summed E-state index contributed by atoms with van der Waals surface area (Å²) in [6.07, 6.45) is 0.188. The van der Waals surface area contributed by atoms with Gasteiger partial charge in [-0.15, -0.1) is 0 Å². The fourth-order valence-electron chi connectivity index (χ4n) is 3.10. The van der Waals surface area contributed by atoms with Crippen LogP contribution in [0.15, 0.2) is 42.5 Å². The van der Waals surface area contributed by atoms with Gasteiger partial charge >= 0.3 is 5.97 Å². The second-order valence-electron chi connectivity index (χ2n) is 6.55. The van der Waals surface area contributed by atoms with Crippen molar-refractivity contribution < 1.29 is 28.9 Å². The summed E-state index contributed by atoms with van der Waals surface area (Å²) in [6, 6.07) is 9.19. The molecule has 1 amide bonds. The molecule has 0 unspecified atom stereocenters. The minimum absolute atomic E-state index is 0.126. The molecule has 0 N–H and O–H groups in total. The van der Waals surface area contributed by atoms with Crippen molar-refractivity contribution in [2.24, 2.45) is 0 Å². The molecule has 11 heteroatoms. The molecule has 30 heavy (non-hydrogen) atoms. The molecule has 1 aliphatic rings. The quantitative estimate of drug-likeness (QED) is 0.398. The molecule has 0 bridgehead atoms. The Hall–Kier alpha value is -4.02. The van der Waals surface area contributed by atoms with Gasteiger partial charge in [-0.2, -0.15) is 0 Å². The number of methoxy groups -OCH3 is 1. The first-order valence-electron chi connectivity index (χ1n) is 8.86. The number of carbonyl (C=O) groups excluding carboxylic acids is 2. The molecule has 1 heterocycles. The molecule has 1 aliphatic heterocycles. The predicted octanol–water partition coefficient (Wildman–Crippen LogP) is 2.58. The van der Waals surface area contributed by atoms with Crippen LogP contribution in [0.3, 0.4) is 0 Å². The average molecular weight is 415 g/mol. The molecule has 0 aromatic heterocycles. The topological polar surface area (TPSA) is 142 Å². The van der Waals surface area contributed by atoms with Crippen LogP contribution in [0.4, 0.5) is 11.4 Å². The van der Waals surface area contributed by atoms with E-state index in [1.54, 1.807) is 24.3 Å². The van der Waals surface area contributed by atoms with E-state index in [9.17, 15) is 29.8 Å². The van der Waals surface area contributed by atoms with E-state index in [4.69, 9.17) is 4.74 Å². The number of non-ortho nitro benzene ring substituents is 2. The number of benzene rings is 2. The SMILES string of the molecule is COC(=O)c1ccc(O[C@@H]2CCN(C(=O)c3cc([N+](=O)[O-])cc([N+](=O)[O-])c3)C2)cc1. The third-order valence-corrected chi connectivity index (χ3v) is 4.58. The Morgan fingerprint density at radius 3 is 2.13 bits per heavy atom. The first-order chi connectivity index (χ1) is 14.3. The van der Waals surface area contributed by atoms with Crippen LogP contribution in [0.1, 0.15) is 27.1 Å². The summed E-state index contributed by atoms with van der Waals surface area (Å²) in [6.45, 7) is 0.550. The Morgan fingerprint density at radius 2 is 1.60 bits per heavy atom. The normalized spacial score (nSPS) is 15.5. The molecule has 3 rings (SSSR count). The van der Waals surface area contributed by atoms with E-state index in [0.717, 1.165) is 18.2 Å².